The minimum atomic E-state index is -0.744. The first-order chi connectivity index (χ1) is 11.1. The summed E-state index contributed by atoms with van der Waals surface area (Å²) in [5.41, 5.74) is 1.84. The third kappa shape index (κ3) is 3.57. The van der Waals surface area contributed by atoms with Crippen molar-refractivity contribution >= 4 is 33.2 Å². The third-order valence-electron chi connectivity index (χ3n) is 3.96. The molecule has 0 unspecified atom stereocenters. The topological polar surface area (TPSA) is 62.7 Å². The van der Waals surface area contributed by atoms with Crippen LogP contribution in [0.3, 0.4) is 0 Å². The van der Waals surface area contributed by atoms with Crippen LogP contribution in [0, 0.1) is 0 Å². The van der Waals surface area contributed by atoms with Gasteiger partial charge in [-0.3, -0.25) is 9.69 Å². The van der Waals surface area contributed by atoms with Gasteiger partial charge in [-0.05, 0) is 37.6 Å². The SMILES string of the molecule is COc1ccc(Br)cc1-c1nc(CN2CCC[C@H]2C(=O)O)cs1. The Morgan fingerprint density at radius 2 is 2.39 bits per heavy atom. The van der Waals surface area contributed by atoms with Crippen molar-refractivity contribution in [2.45, 2.75) is 25.4 Å². The zero-order chi connectivity index (χ0) is 16.4. The van der Waals surface area contributed by atoms with E-state index in [1.807, 2.05) is 28.5 Å². The monoisotopic (exact) mass is 396 g/mol. The number of ether oxygens (including phenoxy) is 1. The lowest BCUT2D eigenvalue weighted by molar-refractivity contribution is -0.142. The minimum Gasteiger partial charge on any atom is -0.496 e. The first kappa shape index (κ1) is 16.4. The Balaban J connectivity index is 1.81. The van der Waals surface area contributed by atoms with Crippen molar-refractivity contribution < 1.29 is 14.6 Å². The second kappa shape index (κ2) is 6.98. The molecule has 0 amide bonds. The van der Waals surface area contributed by atoms with Crippen molar-refractivity contribution in [1.82, 2.24) is 9.88 Å². The van der Waals surface area contributed by atoms with Gasteiger partial charge < -0.3 is 9.84 Å². The van der Waals surface area contributed by atoms with E-state index in [1.54, 1.807) is 18.4 Å². The molecule has 0 aliphatic carbocycles. The van der Waals surface area contributed by atoms with E-state index >= 15 is 0 Å². The lowest BCUT2D eigenvalue weighted by Crippen LogP contribution is -2.35. The fourth-order valence-corrected chi connectivity index (χ4v) is 4.05. The number of halogens is 1. The molecule has 3 rings (SSSR count). The predicted molar refractivity (Wildman–Crippen MR) is 92.9 cm³/mol. The second-order valence-corrected chi connectivity index (χ2v) is 7.23. The molecule has 2 aromatic rings. The van der Waals surface area contributed by atoms with Gasteiger partial charge >= 0.3 is 5.97 Å². The highest BCUT2D eigenvalue weighted by molar-refractivity contribution is 9.10. The van der Waals surface area contributed by atoms with Gasteiger partial charge in [0, 0.05) is 16.4 Å². The molecule has 0 saturated carbocycles. The summed E-state index contributed by atoms with van der Waals surface area (Å²) in [5, 5.41) is 12.1. The predicted octanol–water partition coefficient (Wildman–Crippen LogP) is 3.63. The van der Waals surface area contributed by atoms with Gasteiger partial charge in [-0.15, -0.1) is 11.3 Å². The van der Waals surface area contributed by atoms with E-state index in [-0.39, 0.29) is 6.04 Å². The standard InChI is InChI=1S/C16H17BrN2O3S/c1-22-14-5-4-10(17)7-12(14)15-18-11(9-23-15)8-19-6-2-3-13(19)16(20)21/h4-5,7,9,13H,2-3,6,8H2,1H3,(H,20,21)/t13-/m0/s1. The smallest absolute Gasteiger partial charge is 0.320 e. The summed E-state index contributed by atoms with van der Waals surface area (Å²) >= 11 is 5.02. The van der Waals surface area contributed by atoms with Crippen LogP contribution < -0.4 is 4.74 Å². The number of benzene rings is 1. The van der Waals surface area contributed by atoms with Gasteiger partial charge in [0.25, 0.3) is 0 Å². The quantitative estimate of drug-likeness (QED) is 0.835. The molecule has 1 aromatic heterocycles. The van der Waals surface area contributed by atoms with E-state index in [0.29, 0.717) is 13.0 Å². The number of hydrogen-bond donors (Lipinski definition) is 1. The van der Waals surface area contributed by atoms with Crippen LogP contribution in [0.5, 0.6) is 5.75 Å². The maximum absolute atomic E-state index is 11.3. The Morgan fingerprint density at radius 3 is 3.13 bits per heavy atom. The van der Waals surface area contributed by atoms with Gasteiger partial charge in [-0.1, -0.05) is 15.9 Å². The maximum Gasteiger partial charge on any atom is 0.320 e. The van der Waals surface area contributed by atoms with Crippen LogP contribution in [0.4, 0.5) is 0 Å². The molecule has 1 aliphatic heterocycles. The number of aromatic nitrogens is 1. The lowest BCUT2D eigenvalue weighted by atomic mass is 10.2. The van der Waals surface area contributed by atoms with Gasteiger partial charge in [-0.25, -0.2) is 4.98 Å². The van der Waals surface area contributed by atoms with Crippen molar-refractivity contribution in [3.05, 3.63) is 33.7 Å². The number of rotatable bonds is 5. The molecule has 0 radical (unpaired) electrons. The number of carboxylic acid groups (broad SMARTS) is 1. The van der Waals surface area contributed by atoms with Crippen molar-refractivity contribution in [2.24, 2.45) is 0 Å². The minimum absolute atomic E-state index is 0.388. The van der Waals surface area contributed by atoms with Crippen molar-refractivity contribution in [2.75, 3.05) is 13.7 Å². The normalized spacial score (nSPS) is 18.3. The van der Waals surface area contributed by atoms with Crippen LogP contribution >= 0.6 is 27.3 Å². The number of nitrogens with zero attached hydrogens (tertiary/aromatic N) is 2. The molecule has 1 fully saturated rings. The van der Waals surface area contributed by atoms with Crippen LogP contribution in [-0.2, 0) is 11.3 Å². The summed E-state index contributed by atoms with van der Waals surface area (Å²) in [7, 11) is 1.64. The average Bonchev–Trinajstić information content (AvgIpc) is 3.17. The highest BCUT2D eigenvalue weighted by Crippen LogP contribution is 2.35. The molecular weight excluding hydrogens is 380 g/mol. The van der Waals surface area contributed by atoms with Crippen LogP contribution in [0.1, 0.15) is 18.5 Å². The zero-order valence-electron chi connectivity index (χ0n) is 12.7. The molecule has 23 heavy (non-hydrogen) atoms. The molecule has 5 nitrogen and oxygen atoms in total. The number of carbonyl (C=O) groups is 1. The molecule has 0 bridgehead atoms. The molecule has 1 atom stereocenters. The van der Waals surface area contributed by atoms with E-state index in [4.69, 9.17) is 4.74 Å². The highest BCUT2D eigenvalue weighted by atomic mass is 79.9. The Kier molecular flexibility index (Phi) is 4.99. The number of hydrogen-bond acceptors (Lipinski definition) is 5. The van der Waals surface area contributed by atoms with E-state index in [1.165, 1.54) is 0 Å². The lowest BCUT2D eigenvalue weighted by Gasteiger charge is -2.19. The van der Waals surface area contributed by atoms with E-state index in [2.05, 4.69) is 20.9 Å². The number of carboxylic acids is 1. The number of methoxy groups -OCH3 is 1. The first-order valence-corrected chi connectivity index (χ1v) is 9.01. The molecule has 0 spiro atoms. The van der Waals surface area contributed by atoms with Gasteiger partial charge in [0.05, 0.1) is 18.4 Å². The number of likely N-dealkylation sites (tertiary alicyclic amines) is 1. The van der Waals surface area contributed by atoms with Crippen LogP contribution in [-0.4, -0.2) is 40.7 Å². The Bertz CT molecular complexity index is 719. The van der Waals surface area contributed by atoms with Crippen LogP contribution in [0.2, 0.25) is 0 Å². The third-order valence-corrected chi connectivity index (χ3v) is 5.38. The summed E-state index contributed by atoms with van der Waals surface area (Å²) in [6.07, 6.45) is 1.64. The summed E-state index contributed by atoms with van der Waals surface area (Å²) in [5.74, 6) is 0.0327. The fourth-order valence-electron chi connectivity index (χ4n) is 2.85. The first-order valence-electron chi connectivity index (χ1n) is 7.33. The molecule has 1 aromatic carbocycles. The fraction of sp³-hybridized carbons (Fsp3) is 0.375. The Labute approximate surface area is 147 Å². The summed E-state index contributed by atoms with van der Waals surface area (Å²) in [6, 6.07) is 5.43. The molecule has 2 heterocycles. The van der Waals surface area contributed by atoms with E-state index in [9.17, 15) is 9.90 Å². The van der Waals surface area contributed by atoms with Crippen molar-refractivity contribution in [3.8, 4) is 16.3 Å². The summed E-state index contributed by atoms with van der Waals surface area (Å²) in [6.45, 7) is 1.38. The van der Waals surface area contributed by atoms with Crippen LogP contribution in [0.15, 0.2) is 28.1 Å². The molecule has 7 heteroatoms. The number of aliphatic carboxylic acids is 1. The second-order valence-electron chi connectivity index (χ2n) is 5.46. The van der Waals surface area contributed by atoms with E-state index < -0.39 is 5.97 Å². The molecular formula is C16H17BrN2O3S. The van der Waals surface area contributed by atoms with Crippen LogP contribution in [0.25, 0.3) is 10.6 Å². The maximum atomic E-state index is 11.3. The highest BCUT2D eigenvalue weighted by Gasteiger charge is 2.30. The Hall–Kier alpha value is -1.44. The van der Waals surface area contributed by atoms with Gasteiger partial charge in [0.15, 0.2) is 0 Å². The molecule has 1 aliphatic rings. The summed E-state index contributed by atoms with van der Waals surface area (Å²) in [4.78, 5) is 17.9. The number of thiazole rings is 1. The van der Waals surface area contributed by atoms with Gasteiger partial charge in [-0.2, -0.15) is 0 Å². The molecule has 122 valence electrons. The van der Waals surface area contributed by atoms with Crippen molar-refractivity contribution in [1.29, 1.82) is 0 Å². The molecule has 1 N–H and O–H groups in total. The Morgan fingerprint density at radius 1 is 1.57 bits per heavy atom. The van der Waals surface area contributed by atoms with Crippen molar-refractivity contribution in [3.63, 3.8) is 0 Å². The molecule has 1 saturated heterocycles. The zero-order valence-corrected chi connectivity index (χ0v) is 15.1. The largest absolute Gasteiger partial charge is 0.496 e. The van der Waals surface area contributed by atoms with E-state index in [0.717, 1.165) is 39.5 Å². The van der Waals surface area contributed by atoms with Gasteiger partial charge in [0.1, 0.15) is 16.8 Å². The van der Waals surface area contributed by atoms with Gasteiger partial charge in [0.2, 0.25) is 0 Å². The summed E-state index contributed by atoms with van der Waals surface area (Å²) < 4.78 is 6.37. The average molecular weight is 397 g/mol.